The summed E-state index contributed by atoms with van der Waals surface area (Å²) in [5.41, 5.74) is 0.0134. The van der Waals surface area contributed by atoms with Crippen molar-refractivity contribution < 1.29 is 35.8 Å². The summed E-state index contributed by atoms with van der Waals surface area (Å²) in [5.74, 6) is 0. The standard InChI is InChI=1S/C12H20O.3CO.Fe/c1-3-5-9-12(13-4-2)10-7-6-8-11-12;3*1-2;/h6-8,10H,3-5,9,11H2,1-2H3;;;;/t12-;;;;/m1..../s1. The van der Waals surface area contributed by atoms with E-state index in [2.05, 4.69) is 58.1 Å². The van der Waals surface area contributed by atoms with Gasteiger partial charge in [-0.1, -0.05) is 44.1 Å². The largest absolute Gasteiger partial charge is 0 e. The molecule has 4 nitrogen and oxygen atoms in total. The van der Waals surface area contributed by atoms with Gasteiger partial charge in [0.2, 0.25) is 0 Å². The molecule has 0 radical (unpaired) electrons. The van der Waals surface area contributed by atoms with Crippen LogP contribution in [0.2, 0.25) is 0 Å². The molecular weight excluding hydrogens is 300 g/mol. The summed E-state index contributed by atoms with van der Waals surface area (Å²) in [6.45, 7) is 18.6. The minimum absolute atomic E-state index is 0. The van der Waals surface area contributed by atoms with Crippen LogP contribution in [0.25, 0.3) is 0 Å². The van der Waals surface area contributed by atoms with Crippen molar-refractivity contribution in [2.75, 3.05) is 6.61 Å². The Morgan fingerprint density at radius 1 is 1.05 bits per heavy atom. The van der Waals surface area contributed by atoms with Crippen molar-refractivity contribution in [2.45, 2.75) is 45.1 Å². The zero-order chi connectivity index (χ0) is 15.6. The van der Waals surface area contributed by atoms with Crippen molar-refractivity contribution in [3.05, 3.63) is 44.3 Å². The van der Waals surface area contributed by atoms with Gasteiger partial charge in [0.25, 0.3) is 0 Å². The molecule has 0 unspecified atom stereocenters. The second-order valence-electron chi connectivity index (χ2n) is 3.59. The van der Waals surface area contributed by atoms with Crippen LogP contribution in [0.15, 0.2) is 24.3 Å². The zero-order valence-electron chi connectivity index (χ0n) is 11.8. The Hall–Kier alpha value is -0.821. The van der Waals surface area contributed by atoms with E-state index in [-0.39, 0.29) is 22.7 Å². The van der Waals surface area contributed by atoms with Gasteiger partial charge in [0, 0.05) is 23.7 Å². The smallest absolute Gasteiger partial charge is 0 e. The van der Waals surface area contributed by atoms with Crippen molar-refractivity contribution in [3.63, 3.8) is 0 Å². The van der Waals surface area contributed by atoms with Crippen molar-refractivity contribution in [1.29, 1.82) is 0 Å². The van der Waals surface area contributed by atoms with Crippen molar-refractivity contribution in [3.8, 4) is 0 Å². The summed E-state index contributed by atoms with van der Waals surface area (Å²) in [6.07, 6.45) is 13.3. The SMILES string of the molecule is CCCC[C@@]1(OCC)C=CC=CC1.[C-]#[O+].[C-]#[O+].[C-]#[O+].[Fe]. The van der Waals surface area contributed by atoms with E-state index in [1.807, 2.05) is 0 Å². The molecule has 0 aromatic heterocycles. The van der Waals surface area contributed by atoms with Crippen molar-refractivity contribution >= 4 is 0 Å². The molecule has 1 atom stereocenters. The molecule has 5 heteroatoms. The maximum Gasteiger partial charge on any atom is 0 e. The third kappa shape index (κ3) is 13.6. The Morgan fingerprint density at radius 2 is 1.60 bits per heavy atom. The number of unbranched alkanes of at least 4 members (excludes halogenated alkanes) is 1. The first kappa shape index (κ1) is 27.5. The van der Waals surface area contributed by atoms with E-state index < -0.39 is 0 Å². The zero-order valence-corrected chi connectivity index (χ0v) is 12.9. The fourth-order valence-electron chi connectivity index (χ4n) is 1.77. The van der Waals surface area contributed by atoms with Gasteiger partial charge >= 0.3 is 33.9 Å². The molecule has 0 aromatic carbocycles. The first-order valence-electron chi connectivity index (χ1n) is 5.92. The van der Waals surface area contributed by atoms with E-state index >= 15 is 0 Å². The van der Waals surface area contributed by atoms with Gasteiger partial charge in [-0.05, 0) is 19.8 Å². The van der Waals surface area contributed by atoms with Crippen LogP contribution in [0.3, 0.4) is 0 Å². The Bertz CT molecular complexity index is 290. The molecule has 112 valence electrons. The molecule has 20 heavy (non-hydrogen) atoms. The predicted molar refractivity (Wildman–Crippen MR) is 68.6 cm³/mol. The Morgan fingerprint density at radius 3 is 1.95 bits per heavy atom. The van der Waals surface area contributed by atoms with Crippen LogP contribution in [0.4, 0.5) is 0 Å². The first-order chi connectivity index (χ1) is 9.33. The van der Waals surface area contributed by atoms with Crippen LogP contribution in [-0.2, 0) is 35.8 Å². The molecule has 0 bridgehead atoms. The number of rotatable bonds is 5. The Balaban J connectivity index is -0.000000162. The molecule has 0 fully saturated rings. The molecule has 0 saturated carbocycles. The van der Waals surface area contributed by atoms with Crippen LogP contribution in [0.5, 0.6) is 0 Å². The third-order valence-electron chi connectivity index (χ3n) is 2.50. The summed E-state index contributed by atoms with van der Waals surface area (Å²) in [4.78, 5) is 0. The molecule has 0 amide bonds. The van der Waals surface area contributed by atoms with Gasteiger partial charge in [-0.25, -0.2) is 0 Å². The average Bonchev–Trinajstić information content (AvgIpc) is 2.53. The summed E-state index contributed by atoms with van der Waals surface area (Å²) >= 11 is 0. The predicted octanol–water partition coefficient (Wildman–Crippen LogP) is 3.35. The molecule has 0 aromatic rings. The molecule has 0 heterocycles. The normalized spacial score (nSPS) is 17.6. The van der Waals surface area contributed by atoms with Gasteiger partial charge in [-0.15, -0.1) is 0 Å². The van der Waals surface area contributed by atoms with Crippen LogP contribution < -0.4 is 0 Å². The van der Waals surface area contributed by atoms with Crippen LogP contribution in [0.1, 0.15) is 39.5 Å². The van der Waals surface area contributed by atoms with Gasteiger partial charge in [-0.2, -0.15) is 0 Å². The van der Waals surface area contributed by atoms with Crippen LogP contribution in [0, 0.1) is 20.0 Å². The van der Waals surface area contributed by atoms with Gasteiger partial charge < -0.3 is 4.74 Å². The fourth-order valence-corrected chi connectivity index (χ4v) is 1.77. The van der Waals surface area contributed by atoms with Crippen LogP contribution in [-0.4, -0.2) is 12.2 Å². The van der Waals surface area contributed by atoms with Gasteiger partial charge in [0.1, 0.15) is 0 Å². The minimum Gasteiger partial charge on any atom is 0 e. The minimum atomic E-state index is 0. The Kier molecular flexibility index (Phi) is 32.0. The second kappa shape index (κ2) is 23.3. The van der Waals surface area contributed by atoms with Gasteiger partial charge in [0.15, 0.2) is 0 Å². The molecule has 0 saturated heterocycles. The molecule has 0 aliphatic heterocycles. The summed E-state index contributed by atoms with van der Waals surface area (Å²) in [6, 6.07) is 0. The number of hydrogen-bond acceptors (Lipinski definition) is 1. The Labute approximate surface area is 132 Å². The topological polar surface area (TPSA) is 68.9 Å². The summed E-state index contributed by atoms with van der Waals surface area (Å²) in [7, 11) is 0. The van der Waals surface area contributed by atoms with E-state index in [4.69, 9.17) is 18.7 Å². The summed E-state index contributed by atoms with van der Waals surface area (Å²) < 4.78 is 28.3. The quantitative estimate of drug-likeness (QED) is 0.435. The monoisotopic (exact) mass is 320 g/mol. The van der Waals surface area contributed by atoms with E-state index in [0.29, 0.717) is 0 Å². The molecule has 0 spiro atoms. The first-order valence-corrected chi connectivity index (χ1v) is 5.92. The summed E-state index contributed by atoms with van der Waals surface area (Å²) in [5, 5.41) is 0. The molecule has 0 N–H and O–H groups in total. The maximum atomic E-state index is 7.50. The van der Waals surface area contributed by atoms with Gasteiger partial charge in [0.05, 0.1) is 5.60 Å². The van der Waals surface area contributed by atoms with E-state index in [1.165, 1.54) is 12.8 Å². The number of ether oxygens (including phenoxy) is 1. The van der Waals surface area contributed by atoms with Crippen LogP contribution >= 0.6 is 0 Å². The van der Waals surface area contributed by atoms with Crippen molar-refractivity contribution in [1.82, 2.24) is 0 Å². The van der Waals surface area contributed by atoms with E-state index in [9.17, 15) is 0 Å². The molecular formula is C15H20FeO4. The fraction of sp³-hybridized carbons (Fsp3) is 0.533. The number of hydrogen-bond donors (Lipinski definition) is 0. The van der Waals surface area contributed by atoms with Gasteiger partial charge in [-0.3, -0.25) is 0 Å². The number of allylic oxidation sites excluding steroid dienone is 2. The van der Waals surface area contributed by atoms with E-state index in [0.717, 1.165) is 19.4 Å². The molecule has 1 aliphatic rings. The average molecular weight is 320 g/mol. The third-order valence-corrected chi connectivity index (χ3v) is 2.50. The maximum absolute atomic E-state index is 7.50. The molecule has 1 aliphatic carbocycles. The molecule has 1 rings (SSSR count). The van der Waals surface area contributed by atoms with Crippen molar-refractivity contribution in [2.24, 2.45) is 0 Å². The second-order valence-corrected chi connectivity index (χ2v) is 3.59. The van der Waals surface area contributed by atoms with E-state index in [1.54, 1.807) is 0 Å².